The minimum absolute atomic E-state index is 0.750. The lowest BCUT2D eigenvalue weighted by molar-refractivity contribution is -0.918. The molecule has 2 aromatic carbocycles. The average Bonchev–Trinajstić information content (AvgIpc) is 2.58. The topological polar surface area (TPSA) is 20.0 Å². The Labute approximate surface area is 149 Å². The van der Waals surface area contributed by atoms with Gasteiger partial charge in [0.1, 0.15) is 6.54 Å². The van der Waals surface area contributed by atoms with Crippen molar-refractivity contribution in [2.24, 2.45) is 5.10 Å². The maximum absolute atomic E-state index is 6.17. The van der Waals surface area contributed by atoms with E-state index in [-0.39, 0.29) is 0 Å². The highest BCUT2D eigenvalue weighted by Gasteiger charge is 2.19. The van der Waals surface area contributed by atoms with Crippen molar-refractivity contribution in [3.63, 3.8) is 0 Å². The Morgan fingerprint density at radius 3 is 2.58 bits per heavy atom. The van der Waals surface area contributed by atoms with Gasteiger partial charge in [-0.15, -0.1) is 0 Å². The number of hydrazone groups is 1. The quantitative estimate of drug-likeness (QED) is 0.847. The third kappa shape index (κ3) is 4.37. The molecule has 0 unspecified atom stereocenters. The number of halogens is 1. The van der Waals surface area contributed by atoms with Crippen molar-refractivity contribution in [2.45, 2.75) is 20.4 Å². The van der Waals surface area contributed by atoms with E-state index in [0.717, 1.165) is 43.3 Å². The Kier molecular flexibility index (Phi) is 5.54. The molecule has 0 atom stereocenters. The molecule has 126 valence electrons. The van der Waals surface area contributed by atoms with Crippen LogP contribution in [0.15, 0.2) is 47.6 Å². The number of hydrogen-bond donors (Lipinski definition) is 1. The number of hydrogen-bond acceptors (Lipinski definition) is 2. The molecule has 3 rings (SSSR count). The lowest BCUT2D eigenvalue weighted by Gasteiger charge is -2.30. The van der Waals surface area contributed by atoms with E-state index in [1.165, 1.54) is 16.7 Å². The standard InChI is InChI=1S/C20H24ClN3/c1-16-7-8-19(17(2)13-16)15-23-9-11-24(12-10-23)22-14-18-5-3-4-6-20(18)21/h3-8,13-14H,9-12,15H2,1-2H3/p+1. The van der Waals surface area contributed by atoms with Crippen LogP contribution in [0, 0.1) is 13.8 Å². The Balaban J connectivity index is 1.53. The molecule has 1 heterocycles. The van der Waals surface area contributed by atoms with Gasteiger partial charge in [-0.25, -0.2) is 0 Å². The monoisotopic (exact) mass is 342 g/mol. The predicted octanol–water partition coefficient (Wildman–Crippen LogP) is 2.69. The first-order chi connectivity index (χ1) is 11.6. The summed E-state index contributed by atoms with van der Waals surface area (Å²) < 4.78 is 0. The zero-order chi connectivity index (χ0) is 16.9. The van der Waals surface area contributed by atoms with Crippen molar-refractivity contribution < 1.29 is 4.90 Å². The summed E-state index contributed by atoms with van der Waals surface area (Å²) in [5.74, 6) is 0. The summed E-state index contributed by atoms with van der Waals surface area (Å²) in [5, 5.41) is 7.49. The number of piperazine rings is 1. The smallest absolute Gasteiger partial charge is 0.103 e. The summed E-state index contributed by atoms with van der Waals surface area (Å²) >= 11 is 6.17. The van der Waals surface area contributed by atoms with E-state index in [1.807, 2.05) is 30.5 Å². The number of nitrogens with one attached hydrogen (secondary N) is 1. The van der Waals surface area contributed by atoms with Crippen molar-refractivity contribution >= 4 is 17.8 Å². The molecule has 0 aromatic heterocycles. The number of benzene rings is 2. The van der Waals surface area contributed by atoms with E-state index in [4.69, 9.17) is 11.6 Å². The second kappa shape index (κ2) is 7.82. The maximum Gasteiger partial charge on any atom is 0.103 e. The normalized spacial score (nSPS) is 16.0. The van der Waals surface area contributed by atoms with Gasteiger partial charge in [-0.3, -0.25) is 5.01 Å². The first-order valence-electron chi connectivity index (χ1n) is 8.55. The van der Waals surface area contributed by atoms with Crippen LogP contribution in [0.3, 0.4) is 0 Å². The third-order valence-corrected chi connectivity index (χ3v) is 5.00. The molecule has 0 amide bonds. The van der Waals surface area contributed by atoms with E-state index < -0.39 is 0 Å². The molecule has 24 heavy (non-hydrogen) atoms. The Morgan fingerprint density at radius 1 is 1.12 bits per heavy atom. The van der Waals surface area contributed by atoms with E-state index in [2.05, 4.69) is 42.2 Å². The fourth-order valence-electron chi connectivity index (χ4n) is 3.14. The van der Waals surface area contributed by atoms with Gasteiger partial charge in [0.15, 0.2) is 0 Å². The van der Waals surface area contributed by atoms with Crippen LogP contribution < -0.4 is 4.90 Å². The highest BCUT2D eigenvalue weighted by Crippen LogP contribution is 2.12. The summed E-state index contributed by atoms with van der Waals surface area (Å²) in [6, 6.07) is 14.6. The summed E-state index contributed by atoms with van der Waals surface area (Å²) in [6.07, 6.45) is 1.87. The van der Waals surface area contributed by atoms with Gasteiger partial charge in [0.25, 0.3) is 0 Å². The first kappa shape index (κ1) is 17.0. The Bertz CT molecular complexity index is 719. The molecule has 2 aromatic rings. The van der Waals surface area contributed by atoms with Crippen LogP contribution in [-0.2, 0) is 6.54 Å². The largest absolute Gasteiger partial charge is 0.328 e. The molecule has 1 N–H and O–H groups in total. The zero-order valence-electron chi connectivity index (χ0n) is 14.4. The highest BCUT2D eigenvalue weighted by molar-refractivity contribution is 6.33. The molecule has 0 bridgehead atoms. The minimum atomic E-state index is 0.750. The fraction of sp³-hybridized carbons (Fsp3) is 0.350. The van der Waals surface area contributed by atoms with Gasteiger partial charge in [-0.05, 0) is 25.5 Å². The van der Waals surface area contributed by atoms with E-state index in [1.54, 1.807) is 4.90 Å². The van der Waals surface area contributed by atoms with Gasteiger partial charge in [0.2, 0.25) is 0 Å². The van der Waals surface area contributed by atoms with Gasteiger partial charge in [-0.2, -0.15) is 5.10 Å². The predicted molar refractivity (Wildman–Crippen MR) is 101 cm³/mol. The van der Waals surface area contributed by atoms with Crippen LogP contribution in [0.5, 0.6) is 0 Å². The lowest BCUT2D eigenvalue weighted by atomic mass is 10.1. The van der Waals surface area contributed by atoms with Crippen molar-refractivity contribution in [2.75, 3.05) is 26.2 Å². The van der Waals surface area contributed by atoms with Gasteiger partial charge >= 0.3 is 0 Å². The van der Waals surface area contributed by atoms with Gasteiger partial charge in [-0.1, -0.05) is 53.6 Å². The fourth-order valence-corrected chi connectivity index (χ4v) is 3.33. The maximum atomic E-state index is 6.17. The summed E-state index contributed by atoms with van der Waals surface area (Å²) in [7, 11) is 0. The van der Waals surface area contributed by atoms with Crippen molar-refractivity contribution in [3.05, 3.63) is 69.7 Å². The van der Waals surface area contributed by atoms with Gasteiger partial charge in [0.05, 0.1) is 32.4 Å². The van der Waals surface area contributed by atoms with Crippen LogP contribution in [0.2, 0.25) is 5.02 Å². The Morgan fingerprint density at radius 2 is 1.88 bits per heavy atom. The molecule has 1 aliphatic rings. The van der Waals surface area contributed by atoms with Crippen LogP contribution >= 0.6 is 11.6 Å². The van der Waals surface area contributed by atoms with Crippen LogP contribution in [0.1, 0.15) is 22.3 Å². The third-order valence-electron chi connectivity index (χ3n) is 4.65. The number of rotatable bonds is 4. The molecule has 1 aliphatic heterocycles. The Hall–Kier alpha value is -1.84. The molecular formula is C20H25ClN3+. The molecule has 1 fully saturated rings. The SMILES string of the molecule is Cc1ccc(C[NH+]2CCN(N=Cc3ccccc3Cl)CC2)c(C)c1. The molecule has 1 saturated heterocycles. The first-order valence-corrected chi connectivity index (χ1v) is 8.93. The highest BCUT2D eigenvalue weighted by atomic mass is 35.5. The number of nitrogens with zero attached hydrogens (tertiary/aromatic N) is 2. The molecule has 0 aliphatic carbocycles. The number of quaternary nitrogens is 1. The van der Waals surface area contributed by atoms with Gasteiger partial charge in [0, 0.05) is 16.1 Å². The second-order valence-corrected chi connectivity index (χ2v) is 6.98. The molecule has 0 spiro atoms. The van der Waals surface area contributed by atoms with E-state index in [0.29, 0.717) is 0 Å². The van der Waals surface area contributed by atoms with Crippen LogP contribution in [-0.4, -0.2) is 37.4 Å². The average molecular weight is 343 g/mol. The molecule has 0 saturated carbocycles. The van der Waals surface area contributed by atoms with Crippen molar-refractivity contribution in [1.29, 1.82) is 0 Å². The summed E-state index contributed by atoms with van der Waals surface area (Å²) in [6.45, 7) is 9.68. The molecule has 3 nitrogen and oxygen atoms in total. The number of aryl methyl sites for hydroxylation is 2. The van der Waals surface area contributed by atoms with Crippen molar-refractivity contribution in [1.82, 2.24) is 5.01 Å². The van der Waals surface area contributed by atoms with E-state index in [9.17, 15) is 0 Å². The minimum Gasteiger partial charge on any atom is -0.328 e. The summed E-state index contributed by atoms with van der Waals surface area (Å²) in [4.78, 5) is 1.63. The van der Waals surface area contributed by atoms with Crippen LogP contribution in [0.25, 0.3) is 0 Å². The van der Waals surface area contributed by atoms with Crippen LogP contribution in [0.4, 0.5) is 0 Å². The summed E-state index contributed by atoms with van der Waals surface area (Å²) in [5.41, 5.74) is 5.18. The second-order valence-electron chi connectivity index (χ2n) is 6.58. The van der Waals surface area contributed by atoms with Crippen molar-refractivity contribution in [3.8, 4) is 0 Å². The van der Waals surface area contributed by atoms with Gasteiger partial charge < -0.3 is 4.90 Å². The molecular weight excluding hydrogens is 318 g/mol. The molecule has 0 radical (unpaired) electrons. The zero-order valence-corrected chi connectivity index (χ0v) is 15.2. The molecule has 4 heteroatoms. The lowest BCUT2D eigenvalue weighted by Crippen LogP contribution is -3.13. The van der Waals surface area contributed by atoms with E-state index >= 15 is 0 Å².